The topological polar surface area (TPSA) is 139 Å². The number of carbonyl (C=O) groups excluding carboxylic acids is 1. The van der Waals surface area contributed by atoms with Gasteiger partial charge in [-0.2, -0.15) is 0 Å². The largest absolute Gasteiger partial charge is 0.390 e. The quantitative estimate of drug-likeness (QED) is 0.285. The van der Waals surface area contributed by atoms with E-state index in [9.17, 15) is 20.1 Å². The Morgan fingerprint density at radius 1 is 1.17 bits per heavy atom. The molecular weight excluding hydrogens is 384 g/mol. The van der Waals surface area contributed by atoms with Gasteiger partial charge in [0.25, 0.3) is 0 Å². The molecule has 4 N–H and O–H groups in total. The first kappa shape index (κ1) is 21.8. The highest BCUT2D eigenvalue weighted by Crippen LogP contribution is 2.31. The Morgan fingerprint density at radius 3 is 2.60 bits per heavy atom. The first-order valence-electron chi connectivity index (χ1n) is 9.95. The number of rotatable bonds is 9. The van der Waals surface area contributed by atoms with Gasteiger partial charge in [0.2, 0.25) is 5.91 Å². The SMILES string of the molecule is [N-]=[N+]=NC[C@@H](O)[C@@H](O)[C@@H](CC(=O)N[C@H]1c2ccccc2C[C@H]1O)Cc1ccccc1. The molecule has 0 heterocycles. The molecule has 2 aromatic carbocycles. The molecule has 8 heteroatoms. The average Bonchev–Trinajstić information content (AvgIpc) is 3.06. The number of azide groups is 1. The Morgan fingerprint density at radius 2 is 1.87 bits per heavy atom. The van der Waals surface area contributed by atoms with E-state index in [1.807, 2.05) is 54.6 Å². The van der Waals surface area contributed by atoms with Gasteiger partial charge in [0.15, 0.2) is 0 Å². The van der Waals surface area contributed by atoms with Crippen molar-refractivity contribution >= 4 is 5.91 Å². The minimum absolute atomic E-state index is 0.0468. The van der Waals surface area contributed by atoms with Crippen LogP contribution in [0.4, 0.5) is 0 Å². The van der Waals surface area contributed by atoms with Crippen molar-refractivity contribution in [3.05, 3.63) is 81.7 Å². The Balaban J connectivity index is 1.71. The molecule has 0 aliphatic heterocycles. The van der Waals surface area contributed by atoms with Crippen molar-refractivity contribution in [1.82, 2.24) is 5.32 Å². The number of fused-ring (bicyclic) bond motifs is 1. The molecule has 0 unspecified atom stereocenters. The number of aliphatic hydroxyl groups is 3. The van der Waals surface area contributed by atoms with E-state index in [2.05, 4.69) is 15.3 Å². The van der Waals surface area contributed by atoms with Crippen LogP contribution in [0.1, 0.15) is 29.2 Å². The normalized spacial score (nSPS) is 20.5. The van der Waals surface area contributed by atoms with Crippen molar-refractivity contribution < 1.29 is 20.1 Å². The van der Waals surface area contributed by atoms with Crippen LogP contribution in [0.25, 0.3) is 10.4 Å². The van der Waals surface area contributed by atoms with E-state index in [1.54, 1.807) is 0 Å². The molecule has 1 aliphatic rings. The van der Waals surface area contributed by atoms with Crippen LogP contribution in [0.2, 0.25) is 0 Å². The van der Waals surface area contributed by atoms with Crippen molar-refractivity contribution in [2.75, 3.05) is 6.54 Å². The molecule has 0 saturated carbocycles. The van der Waals surface area contributed by atoms with Crippen LogP contribution in [0, 0.1) is 5.92 Å². The molecule has 0 aromatic heterocycles. The third kappa shape index (κ3) is 5.37. The van der Waals surface area contributed by atoms with Gasteiger partial charge in [-0.1, -0.05) is 59.7 Å². The molecule has 5 atom stereocenters. The van der Waals surface area contributed by atoms with Crippen molar-refractivity contribution in [3.63, 3.8) is 0 Å². The van der Waals surface area contributed by atoms with Gasteiger partial charge < -0.3 is 20.6 Å². The molecular formula is C22H26N4O4. The predicted molar refractivity (Wildman–Crippen MR) is 111 cm³/mol. The lowest BCUT2D eigenvalue weighted by atomic mass is 9.87. The smallest absolute Gasteiger partial charge is 0.220 e. The van der Waals surface area contributed by atoms with E-state index < -0.39 is 30.3 Å². The average molecular weight is 410 g/mol. The number of carbonyl (C=O) groups is 1. The lowest BCUT2D eigenvalue weighted by molar-refractivity contribution is -0.125. The second-order valence-corrected chi connectivity index (χ2v) is 7.64. The van der Waals surface area contributed by atoms with Gasteiger partial charge in [-0.25, -0.2) is 0 Å². The standard InChI is InChI=1S/C22H26N4O4/c23-26-24-13-19(28)22(30)16(10-14-6-2-1-3-7-14)12-20(29)25-21-17-9-5-4-8-15(17)11-18(21)27/h1-9,16,18-19,21-22,27-28,30H,10-13H2,(H,25,29)/t16-,18-,19-,21+,22+/m1/s1. The second-order valence-electron chi connectivity index (χ2n) is 7.64. The summed E-state index contributed by atoms with van der Waals surface area (Å²) in [6, 6.07) is 16.4. The number of hydrogen-bond donors (Lipinski definition) is 4. The molecule has 0 fully saturated rings. The molecule has 158 valence electrons. The molecule has 0 spiro atoms. The molecule has 1 aliphatic carbocycles. The highest BCUT2D eigenvalue weighted by Gasteiger charge is 2.34. The fourth-order valence-corrected chi connectivity index (χ4v) is 3.99. The van der Waals surface area contributed by atoms with Crippen LogP contribution in [-0.4, -0.2) is 46.1 Å². The maximum absolute atomic E-state index is 12.8. The summed E-state index contributed by atoms with van der Waals surface area (Å²) in [6.07, 6.45) is -2.44. The van der Waals surface area contributed by atoms with Gasteiger partial charge in [0.05, 0.1) is 30.9 Å². The van der Waals surface area contributed by atoms with Crippen LogP contribution >= 0.6 is 0 Å². The summed E-state index contributed by atoms with van der Waals surface area (Å²) < 4.78 is 0. The molecule has 1 amide bonds. The monoisotopic (exact) mass is 410 g/mol. The first-order chi connectivity index (χ1) is 14.5. The number of hydrogen-bond acceptors (Lipinski definition) is 5. The minimum atomic E-state index is -1.28. The van der Waals surface area contributed by atoms with Crippen LogP contribution in [0.15, 0.2) is 59.7 Å². The van der Waals surface area contributed by atoms with Crippen molar-refractivity contribution in [3.8, 4) is 0 Å². The molecule has 0 saturated heterocycles. The highest BCUT2D eigenvalue weighted by molar-refractivity contribution is 5.77. The maximum atomic E-state index is 12.8. The zero-order valence-electron chi connectivity index (χ0n) is 16.5. The van der Waals surface area contributed by atoms with Gasteiger partial charge in [-0.05, 0) is 28.6 Å². The summed E-state index contributed by atoms with van der Waals surface area (Å²) in [5.41, 5.74) is 11.3. The van der Waals surface area contributed by atoms with E-state index >= 15 is 0 Å². The third-order valence-electron chi connectivity index (χ3n) is 5.52. The first-order valence-corrected chi connectivity index (χ1v) is 9.95. The van der Waals surface area contributed by atoms with Crippen molar-refractivity contribution in [2.45, 2.75) is 43.6 Å². The minimum Gasteiger partial charge on any atom is -0.390 e. The number of nitrogens with zero attached hydrogens (tertiary/aromatic N) is 3. The molecule has 30 heavy (non-hydrogen) atoms. The van der Waals surface area contributed by atoms with Crippen LogP contribution in [0.3, 0.4) is 0 Å². The van der Waals surface area contributed by atoms with Crippen molar-refractivity contribution in [1.29, 1.82) is 0 Å². The Kier molecular flexibility index (Phi) is 7.43. The molecule has 0 radical (unpaired) electrons. The fourth-order valence-electron chi connectivity index (χ4n) is 3.99. The van der Waals surface area contributed by atoms with Crippen LogP contribution < -0.4 is 5.32 Å². The number of benzene rings is 2. The number of aliphatic hydroxyl groups excluding tert-OH is 3. The van der Waals surface area contributed by atoms with E-state index in [-0.39, 0.29) is 18.9 Å². The summed E-state index contributed by atoms with van der Waals surface area (Å²) in [4.78, 5) is 15.4. The number of nitrogens with one attached hydrogen (secondary N) is 1. The molecule has 8 nitrogen and oxygen atoms in total. The van der Waals surface area contributed by atoms with Gasteiger partial charge in [-0.3, -0.25) is 4.79 Å². The summed E-state index contributed by atoms with van der Waals surface area (Å²) in [5, 5.41) is 37.4. The van der Waals surface area contributed by atoms with Gasteiger partial charge >= 0.3 is 0 Å². The van der Waals surface area contributed by atoms with Gasteiger partial charge in [0.1, 0.15) is 0 Å². The van der Waals surface area contributed by atoms with Gasteiger partial charge in [0, 0.05) is 23.7 Å². The second kappa shape index (κ2) is 10.2. The molecule has 0 bridgehead atoms. The van der Waals surface area contributed by atoms with Gasteiger partial charge in [-0.15, -0.1) is 0 Å². The zero-order valence-corrected chi connectivity index (χ0v) is 16.5. The fraction of sp³-hybridized carbons (Fsp3) is 0.409. The summed E-state index contributed by atoms with van der Waals surface area (Å²) in [7, 11) is 0. The van der Waals surface area contributed by atoms with Crippen molar-refractivity contribution in [2.24, 2.45) is 11.0 Å². The summed E-state index contributed by atoms with van der Waals surface area (Å²) in [5.74, 6) is -0.920. The summed E-state index contributed by atoms with van der Waals surface area (Å²) in [6.45, 7) is -0.278. The molecule has 3 rings (SSSR count). The maximum Gasteiger partial charge on any atom is 0.220 e. The summed E-state index contributed by atoms with van der Waals surface area (Å²) >= 11 is 0. The van der Waals surface area contributed by atoms with Crippen LogP contribution in [0.5, 0.6) is 0 Å². The Labute approximate surface area is 174 Å². The lowest BCUT2D eigenvalue weighted by Gasteiger charge is -2.27. The predicted octanol–water partition coefficient (Wildman–Crippen LogP) is 2.04. The van der Waals surface area contributed by atoms with E-state index in [4.69, 9.17) is 5.53 Å². The van der Waals surface area contributed by atoms with E-state index in [0.29, 0.717) is 12.8 Å². The highest BCUT2D eigenvalue weighted by atomic mass is 16.3. The Bertz CT molecular complexity index is 901. The Hall–Kier alpha value is -2.90. The zero-order chi connectivity index (χ0) is 21.5. The third-order valence-corrected chi connectivity index (χ3v) is 5.52. The lowest BCUT2D eigenvalue weighted by Crippen LogP contribution is -2.41. The van der Waals surface area contributed by atoms with E-state index in [1.165, 1.54) is 0 Å². The van der Waals surface area contributed by atoms with E-state index in [0.717, 1.165) is 16.7 Å². The number of amides is 1. The van der Waals surface area contributed by atoms with Crippen LogP contribution in [-0.2, 0) is 17.6 Å². The molecule has 2 aromatic rings.